The van der Waals surface area contributed by atoms with Crippen LogP contribution in [0.15, 0.2) is 21.3 Å². The molecule has 6 nitrogen and oxygen atoms in total. The molecule has 2 aromatic rings. The second-order valence-corrected chi connectivity index (χ2v) is 6.63. The molecule has 116 valence electrons. The number of amides is 1. The van der Waals surface area contributed by atoms with Gasteiger partial charge in [0.25, 0.3) is 5.91 Å². The van der Waals surface area contributed by atoms with Crippen LogP contribution in [0.3, 0.4) is 0 Å². The first-order valence-electron chi connectivity index (χ1n) is 7.47. The molecule has 4 heterocycles. The fraction of sp³-hybridized carbons (Fsp3) is 0.533. The molecule has 1 amide bonds. The minimum atomic E-state index is 0.0446. The van der Waals surface area contributed by atoms with Gasteiger partial charge < -0.3 is 14.2 Å². The van der Waals surface area contributed by atoms with E-state index >= 15 is 0 Å². The summed E-state index contributed by atoms with van der Waals surface area (Å²) in [6.07, 6.45) is 1.80. The summed E-state index contributed by atoms with van der Waals surface area (Å²) in [5, 5.41) is 7.69. The standard InChI is InChI=1S/C15H17N3O3S/c1-9-16-14(21-17-9)11-6-13-12(2-4-20-13)18(7-11)15(19)10-3-5-22-8-10/h3,5,8,11-13H,2,4,6-7H2,1H3/t11-,12+,13+/m0/s1. The van der Waals surface area contributed by atoms with Gasteiger partial charge in [-0.25, -0.2) is 0 Å². The highest BCUT2D eigenvalue weighted by Gasteiger charge is 2.44. The number of fused-ring (bicyclic) bond motifs is 1. The maximum atomic E-state index is 12.8. The summed E-state index contributed by atoms with van der Waals surface area (Å²) in [6.45, 7) is 3.12. The van der Waals surface area contributed by atoms with Gasteiger partial charge in [-0.1, -0.05) is 5.16 Å². The van der Waals surface area contributed by atoms with Crippen molar-refractivity contribution in [3.63, 3.8) is 0 Å². The van der Waals surface area contributed by atoms with Gasteiger partial charge in [-0.15, -0.1) is 0 Å². The third-order valence-electron chi connectivity index (χ3n) is 4.43. The van der Waals surface area contributed by atoms with Crippen LogP contribution >= 0.6 is 11.3 Å². The molecule has 2 aliphatic heterocycles. The lowest BCUT2D eigenvalue weighted by Crippen LogP contribution is -2.51. The minimum absolute atomic E-state index is 0.0446. The molecule has 0 N–H and O–H groups in total. The van der Waals surface area contributed by atoms with Crippen LogP contribution in [0.4, 0.5) is 0 Å². The topological polar surface area (TPSA) is 68.5 Å². The first kappa shape index (κ1) is 13.9. The predicted molar refractivity (Wildman–Crippen MR) is 79.9 cm³/mol. The molecule has 22 heavy (non-hydrogen) atoms. The molecular formula is C15H17N3O3S. The van der Waals surface area contributed by atoms with Gasteiger partial charge >= 0.3 is 0 Å². The molecule has 2 saturated heterocycles. The lowest BCUT2D eigenvalue weighted by Gasteiger charge is -2.39. The van der Waals surface area contributed by atoms with Crippen molar-refractivity contribution in [2.24, 2.45) is 0 Å². The zero-order chi connectivity index (χ0) is 15.1. The van der Waals surface area contributed by atoms with E-state index in [9.17, 15) is 4.79 Å². The zero-order valence-electron chi connectivity index (χ0n) is 12.3. The van der Waals surface area contributed by atoms with Crippen molar-refractivity contribution in [2.75, 3.05) is 13.2 Å². The SMILES string of the molecule is Cc1noc([C@H]2C[C@H]3OCC[C@H]3N(C(=O)c3ccsc3)C2)n1. The van der Waals surface area contributed by atoms with E-state index in [0.29, 0.717) is 24.9 Å². The highest BCUT2D eigenvalue weighted by atomic mass is 32.1. The molecule has 2 aromatic heterocycles. The number of carbonyl (C=O) groups is 1. The number of ether oxygens (including phenoxy) is 1. The van der Waals surface area contributed by atoms with Crippen molar-refractivity contribution in [3.05, 3.63) is 34.1 Å². The Labute approximate surface area is 132 Å². The molecule has 0 spiro atoms. The van der Waals surface area contributed by atoms with Gasteiger partial charge in [0, 0.05) is 18.5 Å². The van der Waals surface area contributed by atoms with E-state index in [0.717, 1.165) is 18.4 Å². The van der Waals surface area contributed by atoms with E-state index in [-0.39, 0.29) is 24.0 Å². The van der Waals surface area contributed by atoms with E-state index in [2.05, 4.69) is 10.1 Å². The fourth-order valence-corrected chi connectivity index (χ4v) is 4.02. The van der Waals surface area contributed by atoms with E-state index in [4.69, 9.17) is 9.26 Å². The van der Waals surface area contributed by atoms with Crippen molar-refractivity contribution >= 4 is 17.2 Å². The Morgan fingerprint density at radius 1 is 1.50 bits per heavy atom. The summed E-state index contributed by atoms with van der Waals surface area (Å²) < 4.78 is 11.2. The Morgan fingerprint density at radius 2 is 2.41 bits per heavy atom. The van der Waals surface area contributed by atoms with Crippen LogP contribution in [0, 0.1) is 6.92 Å². The molecule has 3 atom stereocenters. The molecule has 7 heteroatoms. The van der Waals surface area contributed by atoms with E-state index in [1.807, 2.05) is 21.7 Å². The van der Waals surface area contributed by atoms with Crippen molar-refractivity contribution in [1.29, 1.82) is 0 Å². The molecule has 0 bridgehead atoms. The maximum Gasteiger partial charge on any atom is 0.255 e. The third kappa shape index (κ3) is 2.34. The van der Waals surface area contributed by atoms with Gasteiger partial charge in [-0.05, 0) is 31.2 Å². The summed E-state index contributed by atoms with van der Waals surface area (Å²) in [4.78, 5) is 19.1. The molecule has 2 fully saturated rings. The number of piperidine rings is 1. The number of hydrogen-bond donors (Lipinski definition) is 0. The van der Waals surface area contributed by atoms with E-state index in [1.54, 1.807) is 6.92 Å². The highest BCUT2D eigenvalue weighted by molar-refractivity contribution is 7.08. The van der Waals surface area contributed by atoms with Gasteiger partial charge in [-0.3, -0.25) is 4.79 Å². The third-order valence-corrected chi connectivity index (χ3v) is 5.11. The smallest absolute Gasteiger partial charge is 0.255 e. The number of aromatic nitrogens is 2. The highest BCUT2D eigenvalue weighted by Crippen LogP contribution is 2.36. The van der Waals surface area contributed by atoms with Crippen LogP contribution in [-0.4, -0.2) is 46.2 Å². The number of likely N-dealkylation sites (tertiary alicyclic amines) is 1. The number of nitrogens with zero attached hydrogens (tertiary/aromatic N) is 3. The lowest BCUT2D eigenvalue weighted by molar-refractivity contribution is 0.0124. The summed E-state index contributed by atoms with van der Waals surface area (Å²) in [5.74, 6) is 1.35. The number of hydrogen-bond acceptors (Lipinski definition) is 6. The zero-order valence-corrected chi connectivity index (χ0v) is 13.1. The number of carbonyl (C=O) groups excluding carboxylic acids is 1. The molecule has 0 aromatic carbocycles. The Morgan fingerprint density at radius 3 is 3.14 bits per heavy atom. The van der Waals surface area contributed by atoms with Gasteiger partial charge in [0.15, 0.2) is 5.82 Å². The van der Waals surface area contributed by atoms with Crippen LogP contribution < -0.4 is 0 Å². The average molecular weight is 319 g/mol. The Balaban J connectivity index is 1.62. The molecule has 0 unspecified atom stereocenters. The number of rotatable bonds is 2. The molecule has 0 saturated carbocycles. The summed E-state index contributed by atoms with van der Waals surface area (Å²) in [5.41, 5.74) is 0.748. The van der Waals surface area contributed by atoms with Crippen molar-refractivity contribution in [2.45, 2.75) is 37.8 Å². The van der Waals surface area contributed by atoms with Crippen LogP contribution in [0.25, 0.3) is 0 Å². The van der Waals surface area contributed by atoms with Crippen LogP contribution in [0.1, 0.15) is 40.8 Å². The number of thiophene rings is 1. The van der Waals surface area contributed by atoms with Gasteiger partial charge in [0.1, 0.15) is 0 Å². The maximum absolute atomic E-state index is 12.8. The second-order valence-electron chi connectivity index (χ2n) is 5.85. The predicted octanol–water partition coefficient (Wildman–Crippen LogP) is 2.23. The average Bonchev–Trinajstić information content (AvgIpc) is 3.26. The molecular weight excluding hydrogens is 302 g/mol. The van der Waals surface area contributed by atoms with Crippen molar-refractivity contribution in [3.8, 4) is 0 Å². The van der Waals surface area contributed by atoms with Crippen molar-refractivity contribution < 1.29 is 14.1 Å². The van der Waals surface area contributed by atoms with Crippen molar-refractivity contribution in [1.82, 2.24) is 15.0 Å². The normalized spacial score (nSPS) is 27.9. The first-order valence-corrected chi connectivity index (χ1v) is 8.41. The quantitative estimate of drug-likeness (QED) is 0.849. The summed E-state index contributed by atoms with van der Waals surface area (Å²) in [6, 6.07) is 2.03. The Hall–Kier alpha value is -1.73. The molecule has 0 radical (unpaired) electrons. The van der Waals surface area contributed by atoms with E-state index < -0.39 is 0 Å². The summed E-state index contributed by atoms with van der Waals surface area (Å²) in [7, 11) is 0. The van der Waals surface area contributed by atoms with Gasteiger partial charge in [0.05, 0.1) is 23.6 Å². The molecule has 2 aliphatic rings. The van der Waals surface area contributed by atoms with Crippen LogP contribution in [-0.2, 0) is 4.74 Å². The lowest BCUT2D eigenvalue weighted by atomic mass is 9.89. The fourth-order valence-electron chi connectivity index (χ4n) is 3.39. The number of aryl methyl sites for hydroxylation is 1. The Bertz CT molecular complexity index is 669. The molecule has 0 aliphatic carbocycles. The monoisotopic (exact) mass is 319 g/mol. The van der Waals surface area contributed by atoms with Gasteiger partial charge in [-0.2, -0.15) is 16.3 Å². The largest absolute Gasteiger partial charge is 0.376 e. The second kappa shape index (κ2) is 5.48. The summed E-state index contributed by atoms with van der Waals surface area (Å²) >= 11 is 1.54. The molecule has 4 rings (SSSR count). The van der Waals surface area contributed by atoms with E-state index in [1.165, 1.54) is 11.3 Å². The van der Waals surface area contributed by atoms with Crippen LogP contribution in [0.5, 0.6) is 0 Å². The minimum Gasteiger partial charge on any atom is -0.376 e. The van der Waals surface area contributed by atoms with Crippen LogP contribution in [0.2, 0.25) is 0 Å². The van der Waals surface area contributed by atoms with Gasteiger partial charge in [0.2, 0.25) is 5.89 Å². The Kier molecular flexibility index (Phi) is 3.46. The first-order chi connectivity index (χ1) is 10.7.